The summed E-state index contributed by atoms with van der Waals surface area (Å²) in [5, 5.41) is 4.57. The topological polar surface area (TPSA) is 54.5 Å². The van der Waals surface area contributed by atoms with Gasteiger partial charge in [-0.25, -0.2) is 4.98 Å². The fraction of sp³-hybridized carbons (Fsp3) is 0.333. The fourth-order valence-corrected chi connectivity index (χ4v) is 4.37. The second-order valence-corrected chi connectivity index (χ2v) is 8.11. The highest BCUT2D eigenvalue weighted by atomic mass is 32.1. The quantitative estimate of drug-likeness (QED) is 0.731. The minimum atomic E-state index is 0.0868. The van der Waals surface area contributed by atoms with Gasteiger partial charge >= 0.3 is 0 Å². The van der Waals surface area contributed by atoms with Crippen LogP contribution in [0.4, 0.5) is 5.69 Å². The highest BCUT2D eigenvalue weighted by Gasteiger charge is 2.24. The Morgan fingerprint density at radius 3 is 2.85 bits per heavy atom. The monoisotopic (exact) mass is 381 g/mol. The number of amides is 1. The van der Waals surface area contributed by atoms with E-state index in [0.29, 0.717) is 6.54 Å². The molecule has 4 rings (SSSR count). The van der Waals surface area contributed by atoms with Gasteiger partial charge in [0.25, 0.3) is 5.91 Å². The summed E-state index contributed by atoms with van der Waals surface area (Å²) in [6.07, 6.45) is 2.05. The summed E-state index contributed by atoms with van der Waals surface area (Å²) in [5.41, 5.74) is 2.68. The first-order valence-corrected chi connectivity index (χ1v) is 10.0. The minimum Gasteiger partial charge on any atom is -0.497 e. The van der Waals surface area contributed by atoms with Crippen LogP contribution in [-0.4, -0.2) is 42.0 Å². The molecular weight excluding hydrogens is 358 g/mol. The van der Waals surface area contributed by atoms with E-state index in [1.807, 2.05) is 54.3 Å². The first-order valence-electron chi connectivity index (χ1n) is 9.19. The fourth-order valence-electron chi connectivity index (χ4n) is 3.56. The zero-order chi connectivity index (χ0) is 18.8. The van der Waals surface area contributed by atoms with Crippen LogP contribution >= 0.6 is 11.3 Å². The van der Waals surface area contributed by atoms with Crippen molar-refractivity contribution in [3.8, 4) is 5.75 Å². The number of likely N-dealkylation sites (tertiary alicyclic amines) is 1. The van der Waals surface area contributed by atoms with E-state index in [0.717, 1.165) is 51.6 Å². The number of nitrogens with one attached hydrogen (secondary N) is 1. The van der Waals surface area contributed by atoms with E-state index in [-0.39, 0.29) is 11.9 Å². The normalized spacial score (nSPS) is 17.1. The molecule has 1 atom stereocenters. The number of piperidine rings is 1. The van der Waals surface area contributed by atoms with Crippen molar-refractivity contribution in [2.45, 2.75) is 25.8 Å². The van der Waals surface area contributed by atoms with E-state index >= 15 is 0 Å². The lowest BCUT2D eigenvalue weighted by Gasteiger charge is -2.33. The van der Waals surface area contributed by atoms with Gasteiger partial charge in [-0.15, -0.1) is 11.3 Å². The molecule has 2 heterocycles. The van der Waals surface area contributed by atoms with Crippen molar-refractivity contribution in [1.82, 2.24) is 9.88 Å². The smallest absolute Gasteiger partial charge is 0.254 e. The van der Waals surface area contributed by atoms with E-state index in [9.17, 15) is 4.79 Å². The van der Waals surface area contributed by atoms with Crippen LogP contribution in [-0.2, 0) is 0 Å². The third-order valence-electron chi connectivity index (χ3n) is 4.91. The first kappa shape index (κ1) is 17.8. The van der Waals surface area contributed by atoms with Gasteiger partial charge in [0.05, 0.1) is 22.3 Å². The number of carbonyl (C=O) groups is 1. The molecule has 1 fully saturated rings. The predicted molar refractivity (Wildman–Crippen MR) is 110 cm³/mol. The number of aryl methyl sites for hydroxylation is 1. The molecule has 1 aromatic heterocycles. The molecule has 1 aliphatic rings. The number of thiazole rings is 1. The minimum absolute atomic E-state index is 0.0868. The molecule has 1 saturated heterocycles. The number of nitrogens with zero attached hydrogens (tertiary/aromatic N) is 2. The number of ether oxygens (including phenoxy) is 1. The molecule has 2 aromatic carbocycles. The van der Waals surface area contributed by atoms with Gasteiger partial charge < -0.3 is 15.0 Å². The van der Waals surface area contributed by atoms with Crippen LogP contribution in [0.3, 0.4) is 0 Å². The lowest BCUT2D eigenvalue weighted by molar-refractivity contribution is 0.0715. The zero-order valence-corrected chi connectivity index (χ0v) is 16.4. The maximum absolute atomic E-state index is 13.0. The Morgan fingerprint density at radius 1 is 1.26 bits per heavy atom. The Kier molecular flexibility index (Phi) is 4.99. The number of rotatable bonds is 4. The average Bonchev–Trinajstić information content (AvgIpc) is 3.07. The van der Waals surface area contributed by atoms with Crippen LogP contribution < -0.4 is 10.1 Å². The van der Waals surface area contributed by atoms with Crippen molar-refractivity contribution in [1.29, 1.82) is 0 Å². The highest BCUT2D eigenvalue weighted by molar-refractivity contribution is 7.18. The Morgan fingerprint density at radius 2 is 2.07 bits per heavy atom. The standard InChI is InChI=1S/C21H23N3O2S/c1-14-22-19-12-15(5-10-20(19)27-14)21(25)24-11-3-4-17(13-24)23-16-6-8-18(26-2)9-7-16/h5-10,12,17,23H,3-4,11,13H2,1-2H3/t17-/m1/s1. The van der Waals surface area contributed by atoms with Crippen molar-refractivity contribution in [2.24, 2.45) is 0 Å². The molecule has 1 amide bonds. The summed E-state index contributed by atoms with van der Waals surface area (Å²) < 4.78 is 6.33. The van der Waals surface area contributed by atoms with Gasteiger partial charge in [-0.3, -0.25) is 4.79 Å². The molecule has 140 valence electrons. The molecule has 5 nitrogen and oxygen atoms in total. The van der Waals surface area contributed by atoms with Crippen LogP contribution in [0.1, 0.15) is 28.2 Å². The summed E-state index contributed by atoms with van der Waals surface area (Å²) in [6, 6.07) is 14.0. The van der Waals surface area contributed by atoms with E-state index in [1.54, 1.807) is 18.4 Å². The van der Waals surface area contributed by atoms with Gasteiger partial charge in [0.15, 0.2) is 0 Å². The molecular formula is C21H23N3O2S. The Bertz CT molecular complexity index is 952. The summed E-state index contributed by atoms with van der Waals surface area (Å²) in [6.45, 7) is 3.50. The van der Waals surface area contributed by atoms with Crippen LogP contribution in [0.15, 0.2) is 42.5 Å². The lowest BCUT2D eigenvalue weighted by atomic mass is 10.0. The second kappa shape index (κ2) is 7.56. The Balaban J connectivity index is 1.45. The van der Waals surface area contributed by atoms with Crippen LogP contribution in [0.25, 0.3) is 10.2 Å². The molecule has 1 aliphatic heterocycles. The van der Waals surface area contributed by atoms with Crippen molar-refractivity contribution in [2.75, 3.05) is 25.5 Å². The largest absolute Gasteiger partial charge is 0.497 e. The Hall–Kier alpha value is -2.60. The molecule has 0 aliphatic carbocycles. The second-order valence-electron chi connectivity index (χ2n) is 6.88. The maximum Gasteiger partial charge on any atom is 0.254 e. The van der Waals surface area contributed by atoms with Gasteiger partial charge in [-0.1, -0.05) is 0 Å². The molecule has 0 unspecified atom stereocenters. The van der Waals surface area contributed by atoms with Crippen molar-refractivity contribution in [3.05, 3.63) is 53.0 Å². The predicted octanol–water partition coefficient (Wildman–Crippen LogP) is 4.33. The summed E-state index contributed by atoms with van der Waals surface area (Å²) >= 11 is 1.66. The van der Waals surface area contributed by atoms with Gasteiger partial charge in [0.1, 0.15) is 5.75 Å². The van der Waals surface area contributed by atoms with E-state index in [2.05, 4.69) is 10.3 Å². The summed E-state index contributed by atoms with van der Waals surface area (Å²) in [5.74, 6) is 0.928. The number of aromatic nitrogens is 1. The van der Waals surface area contributed by atoms with Crippen molar-refractivity contribution >= 4 is 33.1 Å². The number of anilines is 1. The molecule has 3 aromatic rings. The van der Waals surface area contributed by atoms with Gasteiger partial charge in [0, 0.05) is 30.4 Å². The maximum atomic E-state index is 13.0. The SMILES string of the molecule is COc1ccc(N[C@@H]2CCCN(C(=O)c3ccc4sc(C)nc4c3)C2)cc1. The number of methoxy groups -OCH3 is 1. The molecule has 0 saturated carbocycles. The lowest BCUT2D eigenvalue weighted by Crippen LogP contribution is -2.45. The molecule has 0 bridgehead atoms. The molecule has 1 N–H and O–H groups in total. The average molecular weight is 382 g/mol. The molecule has 6 heteroatoms. The third-order valence-corrected chi connectivity index (χ3v) is 5.86. The van der Waals surface area contributed by atoms with Crippen LogP contribution in [0.5, 0.6) is 5.75 Å². The van der Waals surface area contributed by atoms with E-state index in [1.165, 1.54) is 0 Å². The summed E-state index contributed by atoms with van der Waals surface area (Å²) in [4.78, 5) is 19.4. The van der Waals surface area contributed by atoms with Crippen molar-refractivity contribution in [3.63, 3.8) is 0 Å². The zero-order valence-electron chi connectivity index (χ0n) is 15.6. The number of carbonyl (C=O) groups excluding carboxylic acids is 1. The number of hydrogen-bond donors (Lipinski definition) is 1. The molecule has 0 radical (unpaired) electrons. The molecule has 27 heavy (non-hydrogen) atoms. The van der Waals surface area contributed by atoms with Crippen LogP contribution in [0.2, 0.25) is 0 Å². The number of fused-ring (bicyclic) bond motifs is 1. The van der Waals surface area contributed by atoms with Gasteiger partial charge in [0.2, 0.25) is 0 Å². The van der Waals surface area contributed by atoms with Crippen LogP contribution in [0, 0.1) is 6.92 Å². The third kappa shape index (κ3) is 3.90. The molecule has 0 spiro atoms. The van der Waals surface area contributed by atoms with Crippen molar-refractivity contribution < 1.29 is 9.53 Å². The van der Waals surface area contributed by atoms with Gasteiger partial charge in [-0.2, -0.15) is 0 Å². The Labute approximate surface area is 163 Å². The van der Waals surface area contributed by atoms with Gasteiger partial charge in [-0.05, 0) is 62.2 Å². The van der Waals surface area contributed by atoms with E-state index in [4.69, 9.17) is 4.74 Å². The number of hydrogen-bond acceptors (Lipinski definition) is 5. The first-order chi connectivity index (χ1) is 13.1. The summed E-state index contributed by atoms with van der Waals surface area (Å²) in [7, 11) is 1.66. The van der Waals surface area contributed by atoms with E-state index < -0.39 is 0 Å². The number of benzene rings is 2. The highest BCUT2D eigenvalue weighted by Crippen LogP contribution is 2.24.